The van der Waals surface area contributed by atoms with E-state index in [-0.39, 0.29) is 10.7 Å². The number of nitrogens with one attached hydrogen (secondary N) is 1. The standard InChI is InChI=1S/C17H19N5O3S/c1-11-17(12(2)25-20-11)26(23,24)21-15-6-3-13(4-7-15)14-5-8-16-19-18-10-22(16)9-14/h3-4,6-7,10,14,21H,5,8-9H2,1-2H3. The van der Waals surface area contributed by atoms with Gasteiger partial charge in [0.05, 0.1) is 0 Å². The van der Waals surface area contributed by atoms with Crippen molar-refractivity contribution in [2.24, 2.45) is 0 Å². The highest BCUT2D eigenvalue weighted by Gasteiger charge is 2.25. The van der Waals surface area contributed by atoms with Gasteiger partial charge >= 0.3 is 0 Å². The third-order valence-corrected chi connectivity index (χ3v) is 6.32. The van der Waals surface area contributed by atoms with Crippen LogP contribution in [0.2, 0.25) is 0 Å². The third kappa shape index (κ3) is 2.98. The van der Waals surface area contributed by atoms with Gasteiger partial charge in [0, 0.05) is 24.6 Å². The lowest BCUT2D eigenvalue weighted by atomic mass is 9.91. The Morgan fingerprint density at radius 2 is 2.00 bits per heavy atom. The molecular weight excluding hydrogens is 354 g/mol. The average Bonchev–Trinajstić information content (AvgIpc) is 3.21. The van der Waals surface area contributed by atoms with Gasteiger partial charge in [-0.2, -0.15) is 0 Å². The summed E-state index contributed by atoms with van der Waals surface area (Å²) in [5.41, 5.74) is 2.03. The molecule has 8 nitrogen and oxygen atoms in total. The molecule has 0 saturated heterocycles. The van der Waals surface area contributed by atoms with Crippen LogP contribution in [0.5, 0.6) is 0 Å². The third-order valence-electron chi connectivity index (χ3n) is 4.70. The molecule has 1 atom stereocenters. The summed E-state index contributed by atoms with van der Waals surface area (Å²) in [7, 11) is -3.73. The molecular formula is C17H19N5O3S. The van der Waals surface area contributed by atoms with Gasteiger partial charge in [-0.3, -0.25) is 4.72 Å². The lowest BCUT2D eigenvalue weighted by molar-refractivity contribution is 0.390. The molecule has 0 saturated carbocycles. The van der Waals surface area contributed by atoms with Crippen LogP contribution in [0.25, 0.3) is 0 Å². The molecule has 136 valence electrons. The van der Waals surface area contributed by atoms with Crippen LogP contribution in [-0.4, -0.2) is 28.3 Å². The van der Waals surface area contributed by atoms with Crippen LogP contribution in [0.1, 0.15) is 35.2 Å². The Balaban J connectivity index is 1.52. The maximum absolute atomic E-state index is 12.6. The zero-order valence-electron chi connectivity index (χ0n) is 14.5. The van der Waals surface area contributed by atoms with Crippen LogP contribution in [0.15, 0.2) is 40.0 Å². The highest BCUT2D eigenvalue weighted by atomic mass is 32.2. The summed E-state index contributed by atoms with van der Waals surface area (Å²) < 4.78 is 34.8. The fourth-order valence-electron chi connectivity index (χ4n) is 3.42. The summed E-state index contributed by atoms with van der Waals surface area (Å²) in [5.74, 6) is 1.66. The summed E-state index contributed by atoms with van der Waals surface area (Å²) in [6.45, 7) is 4.03. The minimum atomic E-state index is -3.73. The molecule has 0 aliphatic carbocycles. The fourth-order valence-corrected chi connectivity index (χ4v) is 4.81. The van der Waals surface area contributed by atoms with Crippen LogP contribution < -0.4 is 4.72 Å². The number of anilines is 1. The first kappa shape index (κ1) is 16.8. The molecule has 0 spiro atoms. The lowest BCUT2D eigenvalue weighted by Crippen LogP contribution is -2.18. The van der Waals surface area contributed by atoms with Gasteiger partial charge in [-0.25, -0.2) is 8.42 Å². The Morgan fingerprint density at radius 3 is 2.69 bits per heavy atom. The van der Waals surface area contributed by atoms with Crippen molar-refractivity contribution in [2.45, 2.75) is 44.0 Å². The number of rotatable bonds is 4. The zero-order valence-corrected chi connectivity index (χ0v) is 15.3. The number of sulfonamides is 1. The molecule has 0 amide bonds. The summed E-state index contributed by atoms with van der Waals surface area (Å²) in [5, 5.41) is 11.8. The number of fused-ring (bicyclic) bond motifs is 1. The number of benzene rings is 1. The van der Waals surface area contributed by atoms with Gasteiger partial charge in [0.2, 0.25) is 0 Å². The molecule has 3 heterocycles. The zero-order chi connectivity index (χ0) is 18.3. The minimum Gasteiger partial charge on any atom is -0.360 e. The molecule has 2 aromatic heterocycles. The second-order valence-electron chi connectivity index (χ2n) is 6.52. The van der Waals surface area contributed by atoms with E-state index in [1.807, 2.05) is 12.1 Å². The van der Waals surface area contributed by atoms with Gasteiger partial charge in [0.15, 0.2) is 10.7 Å². The number of hydrogen-bond donors (Lipinski definition) is 1. The molecule has 3 aromatic rings. The maximum Gasteiger partial charge on any atom is 0.267 e. The van der Waals surface area contributed by atoms with Crippen molar-refractivity contribution in [2.75, 3.05) is 4.72 Å². The van der Waals surface area contributed by atoms with E-state index >= 15 is 0 Å². The molecule has 26 heavy (non-hydrogen) atoms. The minimum absolute atomic E-state index is 0.0917. The predicted octanol–water partition coefficient (Wildman–Crippen LogP) is 2.41. The van der Waals surface area contributed by atoms with Crippen LogP contribution in [0, 0.1) is 13.8 Å². The van der Waals surface area contributed by atoms with E-state index in [1.165, 1.54) is 5.56 Å². The molecule has 1 N–H and O–H groups in total. The Hall–Kier alpha value is -2.68. The van der Waals surface area contributed by atoms with Gasteiger partial charge in [-0.1, -0.05) is 17.3 Å². The molecule has 1 unspecified atom stereocenters. The van der Waals surface area contributed by atoms with Gasteiger partial charge in [0.1, 0.15) is 17.8 Å². The number of nitrogens with zero attached hydrogens (tertiary/aromatic N) is 4. The molecule has 9 heteroatoms. The van der Waals surface area contributed by atoms with Gasteiger partial charge in [-0.15, -0.1) is 10.2 Å². The first-order chi connectivity index (χ1) is 12.4. The van der Waals surface area contributed by atoms with Crippen LogP contribution in [-0.2, 0) is 23.0 Å². The van der Waals surface area contributed by atoms with Crippen molar-refractivity contribution in [3.63, 3.8) is 0 Å². The van der Waals surface area contributed by atoms with E-state index in [2.05, 4.69) is 24.6 Å². The Labute approximate surface area is 151 Å². The van der Waals surface area contributed by atoms with E-state index in [1.54, 1.807) is 32.3 Å². The molecule has 4 rings (SSSR count). The summed E-state index contributed by atoms with van der Waals surface area (Å²) >= 11 is 0. The Morgan fingerprint density at radius 1 is 1.23 bits per heavy atom. The smallest absolute Gasteiger partial charge is 0.267 e. The maximum atomic E-state index is 12.6. The molecule has 0 radical (unpaired) electrons. The van der Waals surface area contributed by atoms with Crippen molar-refractivity contribution < 1.29 is 12.9 Å². The largest absolute Gasteiger partial charge is 0.360 e. The van der Waals surface area contributed by atoms with E-state index in [0.29, 0.717) is 17.3 Å². The summed E-state index contributed by atoms with van der Waals surface area (Å²) in [6, 6.07) is 7.50. The van der Waals surface area contributed by atoms with Gasteiger partial charge in [-0.05, 0) is 38.0 Å². The molecule has 0 fully saturated rings. The monoisotopic (exact) mass is 373 g/mol. The average molecular weight is 373 g/mol. The number of hydrogen-bond acceptors (Lipinski definition) is 6. The quantitative estimate of drug-likeness (QED) is 0.753. The summed E-state index contributed by atoms with van der Waals surface area (Å²) in [4.78, 5) is 0.0917. The predicted molar refractivity (Wildman–Crippen MR) is 94.3 cm³/mol. The second-order valence-corrected chi connectivity index (χ2v) is 8.14. The SMILES string of the molecule is Cc1noc(C)c1S(=O)(=O)Nc1ccc(C2CCc3nncn3C2)cc1. The number of aryl methyl sites for hydroxylation is 3. The highest BCUT2D eigenvalue weighted by molar-refractivity contribution is 7.92. The first-order valence-electron chi connectivity index (χ1n) is 8.36. The van der Waals surface area contributed by atoms with Crippen molar-refractivity contribution in [3.05, 3.63) is 53.4 Å². The van der Waals surface area contributed by atoms with Gasteiger partial charge in [0.25, 0.3) is 10.0 Å². The Kier molecular flexibility index (Phi) is 4.03. The van der Waals surface area contributed by atoms with Crippen LogP contribution in [0.3, 0.4) is 0 Å². The lowest BCUT2D eigenvalue weighted by Gasteiger charge is -2.23. The van der Waals surface area contributed by atoms with Crippen molar-refractivity contribution in [1.82, 2.24) is 19.9 Å². The van der Waals surface area contributed by atoms with Crippen molar-refractivity contribution in [1.29, 1.82) is 0 Å². The molecule has 1 aliphatic rings. The molecule has 0 bridgehead atoms. The first-order valence-corrected chi connectivity index (χ1v) is 9.84. The Bertz CT molecular complexity index is 1020. The molecule has 1 aliphatic heterocycles. The van der Waals surface area contributed by atoms with Crippen LogP contribution >= 0.6 is 0 Å². The highest BCUT2D eigenvalue weighted by Crippen LogP contribution is 2.29. The normalized spacial score (nSPS) is 17.1. The van der Waals surface area contributed by atoms with Crippen LogP contribution in [0.4, 0.5) is 5.69 Å². The van der Waals surface area contributed by atoms with E-state index in [4.69, 9.17) is 4.52 Å². The number of aromatic nitrogens is 4. The fraction of sp³-hybridized carbons (Fsp3) is 0.353. The van der Waals surface area contributed by atoms with Crippen molar-refractivity contribution in [3.8, 4) is 0 Å². The van der Waals surface area contributed by atoms with E-state index in [9.17, 15) is 8.42 Å². The van der Waals surface area contributed by atoms with E-state index in [0.717, 1.165) is 25.2 Å². The van der Waals surface area contributed by atoms with Crippen molar-refractivity contribution >= 4 is 15.7 Å². The topological polar surface area (TPSA) is 103 Å². The van der Waals surface area contributed by atoms with E-state index < -0.39 is 10.0 Å². The summed E-state index contributed by atoms with van der Waals surface area (Å²) in [6.07, 6.45) is 3.65. The second kappa shape index (κ2) is 6.24. The molecule has 1 aromatic carbocycles. The van der Waals surface area contributed by atoms with Gasteiger partial charge < -0.3 is 9.09 Å².